The summed E-state index contributed by atoms with van der Waals surface area (Å²) in [4.78, 5) is 4.09. The van der Waals surface area contributed by atoms with Crippen LogP contribution in [0.4, 0.5) is 5.69 Å². The first-order valence-electron chi connectivity index (χ1n) is 6.24. The minimum Gasteiger partial charge on any atom is -0.380 e. The van der Waals surface area contributed by atoms with Crippen molar-refractivity contribution < 1.29 is 0 Å². The van der Waals surface area contributed by atoms with Crippen molar-refractivity contribution in [1.29, 1.82) is 0 Å². The molecule has 0 saturated heterocycles. The smallest absolute Gasteiger partial charge is 0.0718 e. The highest BCUT2D eigenvalue weighted by molar-refractivity contribution is 6.33. The van der Waals surface area contributed by atoms with Crippen molar-refractivity contribution in [2.24, 2.45) is 0 Å². The topological polar surface area (TPSA) is 24.9 Å². The SMILES string of the molecule is Clc1ccncc1NC1CC(c2ccccc2)C1. The van der Waals surface area contributed by atoms with Gasteiger partial charge in [0.1, 0.15) is 0 Å². The highest BCUT2D eigenvalue weighted by atomic mass is 35.5. The monoisotopic (exact) mass is 258 g/mol. The van der Waals surface area contributed by atoms with Gasteiger partial charge in [-0.1, -0.05) is 41.9 Å². The van der Waals surface area contributed by atoms with Crippen LogP contribution in [-0.2, 0) is 0 Å². The lowest BCUT2D eigenvalue weighted by molar-refractivity contribution is 0.374. The number of anilines is 1. The Bertz CT molecular complexity index is 521. The van der Waals surface area contributed by atoms with E-state index >= 15 is 0 Å². The number of rotatable bonds is 3. The minimum absolute atomic E-state index is 0.511. The predicted molar refractivity (Wildman–Crippen MR) is 75.1 cm³/mol. The van der Waals surface area contributed by atoms with Crippen LogP contribution < -0.4 is 5.32 Å². The molecule has 1 aliphatic rings. The van der Waals surface area contributed by atoms with Gasteiger partial charge in [-0.05, 0) is 30.4 Å². The van der Waals surface area contributed by atoms with Crippen molar-refractivity contribution in [2.75, 3.05) is 5.32 Å². The molecule has 3 rings (SSSR count). The van der Waals surface area contributed by atoms with Crippen molar-refractivity contribution in [1.82, 2.24) is 4.98 Å². The standard InChI is InChI=1S/C15H15ClN2/c16-14-6-7-17-10-15(14)18-13-8-12(9-13)11-4-2-1-3-5-11/h1-7,10,12-13,18H,8-9H2. The zero-order valence-electron chi connectivity index (χ0n) is 10.0. The highest BCUT2D eigenvalue weighted by Gasteiger charge is 2.30. The molecular weight excluding hydrogens is 244 g/mol. The van der Waals surface area contributed by atoms with E-state index in [-0.39, 0.29) is 0 Å². The third-order valence-corrected chi connectivity index (χ3v) is 3.87. The van der Waals surface area contributed by atoms with Crippen LogP contribution in [0.5, 0.6) is 0 Å². The molecule has 0 unspecified atom stereocenters. The van der Waals surface area contributed by atoms with E-state index < -0.39 is 0 Å². The summed E-state index contributed by atoms with van der Waals surface area (Å²) >= 11 is 6.10. The fraction of sp³-hybridized carbons (Fsp3) is 0.267. The maximum Gasteiger partial charge on any atom is 0.0718 e. The van der Waals surface area contributed by atoms with Crippen LogP contribution in [0.25, 0.3) is 0 Å². The van der Waals surface area contributed by atoms with E-state index in [4.69, 9.17) is 11.6 Å². The van der Waals surface area contributed by atoms with Gasteiger partial charge < -0.3 is 5.32 Å². The first-order valence-corrected chi connectivity index (χ1v) is 6.62. The van der Waals surface area contributed by atoms with E-state index in [0.717, 1.165) is 23.6 Å². The lowest BCUT2D eigenvalue weighted by Gasteiger charge is -2.37. The molecule has 92 valence electrons. The summed E-state index contributed by atoms with van der Waals surface area (Å²) in [5.41, 5.74) is 2.38. The molecule has 1 N–H and O–H groups in total. The van der Waals surface area contributed by atoms with Gasteiger partial charge in [-0.15, -0.1) is 0 Å². The van der Waals surface area contributed by atoms with Crippen LogP contribution in [0.2, 0.25) is 5.02 Å². The second-order valence-corrected chi connectivity index (χ2v) is 5.18. The van der Waals surface area contributed by atoms with Gasteiger partial charge in [-0.3, -0.25) is 4.98 Å². The van der Waals surface area contributed by atoms with Gasteiger partial charge in [0.05, 0.1) is 16.9 Å². The van der Waals surface area contributed by atoms with Crippen molar-refractivity contribution in [3.63, 3.8) is 0 Å². The molecule has 0 amide bonds. The first kappa shape index (κ1) is 11.5. The van der Waals surface area contributed by atoms with Gasteiger partial charge >= 0.3 is 0 Å². The second kappa shape index (κ2) is 4.99. The largest absolute Gasteiger partial charge is 0.380 e. The van der Waals surface area contributed by atoms with Gasteiger partial charge in [0, 0.05) is 12.2 Å². The number of nitrogens with one attached hydrogen (secondary N) is 1. The first-order chi connectivity index (χ1) is 8.83. The zero-order valence-corrected chi connectivity index (χ0v) is 10.8. The van der Waals surface area contributed by atoms with Gasteiger partial charge in [0.2, 0.25) is 0 Å². The Labute approximate surface area is 112 Å². The van der Waals surface area contributed by atoms with Crippen LogP contribution in [0.1, 0.15) is 24.3 Å². The number of pyridine rings is 1. The van der Waals surface area contributed by atoms with E-state index in [0.29, 0.717) is 12.0 Å². The Morgan fingerprint density at radius 1 is 1.11 bits per heavy atom. The molecule has 3 heteroatoms. The van der Waals surface area contributed by atoms with Gasteiger partial charge in [-0.2, -0.15) is 0 Å². The average molecular weight is 259 g/mol. The van der Waals surface area contributed by atoms with Crippen LogP contribution in [-0.4, -0.2) is 11.0 Å². The summed E-state index contributed by atoms with van der Waals surface area (Å²) in [6.07, 6.45) is 5.82. The van der Waals surface area contributed by atoms with Crippen LogP contribution in [0.3, 0.4) is 0 Å². The molecule has 1 aliphatic carbocycles. The maximum absolute atomic E-state index is 6.10. The quantitative estimate of drug-likeness (QED) is 0.897. The van der Waals surface area contributed by atoms with E-state index in [1.807, 2.05) is 6.07 Å². The molecule has 2 nitrogen and oxygen atoms in total. The van der Waals surface area contributed by atoms with Gasteiger partial charge in [-0.25, -0.2) is 0 Å². The molecule has 1 aromatic carbocycles. The number of hydrogen-bond acceptors (Lipinski definition) is 2. The Kier molecular flexibility index (Phi) is 3.20. The molecule has 0 spiro atoms. The number of nitrogens with zero attached hydrogens (tertiary/aromatic N) is 1. The third-order valence-electron chi connectivity index (χ3n) is 3.54. The highest BCUT2D eigenvalue weighted by Crippen LogP contribution is 2.38. The van der Waals surface area contributed by atoms with Crippen molar-refractivity contribution in [2.45, 2.75) is 24.8 Å². The van der Waals surface area contributed by atoms with E-state index in [2.05, 4.69) is 40.6 Å². The summed E-state index contributed by atoms with van der Waals surface area (Å²) in [5, 5.41) is 4.20. The fourth-order valence-electron chi connectivity index (χ4n) is 2.44. The molecule has 1 heterocycles. The molecule has 0 bridgehead atoms. The summed E-state index contributed by atoms with van der Waals surface area (Å²) in [7, 11) is 0. The zero-order chi connectivity index (χ0) is 12.4. The Hall–Kier alpha value is -1.54. The van der Waals surface area contributed by atoms with Crippen molar-refractivity contribution in [3.8, 4) is 0 Å². The van der Waals surface area contributed by atoms with Gasteiger partial charge in [0.15, 0.2) is 0 Å². The number of halogens is 1. The minimum atomic E-state index is 0.511. The normalized spacial score (nSPS) is 22.3. The van der Waals surface area contributed by atoms with Crippen LogP contribution >= 0.6 is 11.6 Å². The summed E-state index contributed by atoms with van der Waals surface area (Å²) in [6, 6.07) is 13.0. The molecular formula is C15H15ClN2. The summed E-state index contributed by atoms with van der Waals surface area (Å²) < 4.78 is 0. The van der Waals surface area contributed by atoms with E-state index in [9.17, 15) is 0 Å². The van der Waals surface area contributed by atoms with Crippen molar-refractivity contribution >= 4 is 17.3 Å². The molecule has 0 aliphatic heterocycles. The Morgan fingerprint density at radius 2 is 1.89 bits per heavy atom. The lowest BCUT2D eigenvalue weighted by atomic mass is 9.76. The lowest BCUT2D eigenvalue weighted by Crippen LogP contribution is -2.34. The Morgan fingerprint density at radius 3 is 2.61 bits per heavy atom. The number of aromatic nitrogens is 1. The molecule has 0 atom stereocenters. The molecule has 1 fully saturated rings. The molecule has 2 aromatic rings. The number of benzene rings is 1. The number of hydrogen-bond donors (Lipinski definition) is 1. The summed E-state index contributed by atoms with van der Waals surface area (Å²) in [6.45, 7) is 0. The maximum atomic E-state index is 6.10. The predicted octanol–water partition coefficient (Wildman–Crippen LogP) is 4.09. The van der Waals surface area contributed by atoms with Crippen molar-refractivity contribution in [3.05, 3.63) is 59.4 Å². The Balaban J connectivity index is 1.59. The van der Waals surface area contributed by atoms with E-state index in [1.165, 1.54) is 5.56 Å². The third kappa shape index (κ3) is 2.34. The van der Waals surface area contributed by atoms with Crippen LogP contribution in [0.15, 0.2) is 48.8 Å². The van der Waals surface area contributed by atoms with E-state index in [1.54, 1.807) is 12.4 Å². The van der Waals surface area contributed by atoms with Crippen LogP contribution in [0, 0.1) is 0 Å². The molecule has 1 aromatic heterocycles. The fourth-order valence-corrected chi connectivity index (χ4v) is 2.60. The van der Waals surface area contributed by atoms with Gasteiger partial charge in [0.25, 0.3) is 0 Å². The summed E-state index contributed by atoms with van der Waals surface area (Å²) in [5.74, 6) is 0.680. The molecule has 0 radical (unpaired) electrons. The average Bonchev–Trinajstić information content (AvgIpc) is 2.36. The molecule has 18 heavy (non-hydrogen) atoms. The molecule has 1 saturated carbocycles. The second-order valence-electron chi connectivity index (χ2n) is 4.78.